The second-order valence-corrected chi connectivity index (χ2v) is 4.21. The van der Waals surface area contributed by atoms with Crippen molar-refractivity contribution >= 4 is 0 Å². The maximum Gasteiger partial charge on any atom is 0.169 e. The number of ether oxygens (including phenoxy) is 2. The molecule has 19 heavy (non-hydrogen) atoms. The molecule has 0 saturated carbocycles. The molecule has 0 amide bonds. The normalized spacial score (nSPS) is 10.2. The summed E-state index contributed by atoms with van der Waals surface area (Å²) in [4.78, 5) is 0. The Balaban J connectivity index is 2.22. The monoisotopic (exact) mass is 257 g/mol. The number of nitrogens with two attached hydrogens (primary N) is 1. The predicted octanol–water partition coefficient (Wildman–Crippen LogP) is 3.73. The molecule has 0 unspecified atom stereocenters. The molecule has 0 radical (unpaired) electrons. The molecular weight excluding hydrogens is 238 g/mol. The zero-order valence-electron chi connectivity index (χ0n) is 11.1. The second-order valence-electron chi connectivity index (χ2n) is 4.21. The molecule has 0 aliphatic heterocycles. The molecule has 0 spiro atoms. The molecular formula is C16H19NO2. The Hall–Kier alpha value is -2.00. The molecule has 0 fully saturated rings. The van der Waals surface area contributed by atoms with E-state index in [1.807, 2.05) is 48.5 Å². The molecule has 0 atom stereocenters. The first-order chi connectivity index (χ1) is 9.35. The fourth-order valence-corrected chi connectivity index (χ4v) is 1.76. The Morgan fingerprint density at radius 1 is 0.895 bits per heavy atom. The predicted molar refractivity (Wildman–Crippen MR) is 76.6 cm³/mol. The van der Waals surface area contributed by atoms with Gasteiger partial charge in [0, 0.05) is 12.1 Å². The van der Waals surface area contributed by atoms with E-state index in [1.165, 1.54) is 0 Å². The quantitative estimate of drug-likeness (QED) is 0.857. The molecule has 3 nitrogen and oxygen atoms in total. The Morgan fingerprint density at radius 2 is 1.53 bits per heavy atom. The fraction of sp³-hybridized carbons (Fsp3) is 0.250. The van der Waals surface area contributed by atoms with Crippen LogP contribution in [0.15, 0.2) is 48.5 Å². The third-order valence-corrected chi connectivity index (χ3v) is 2.72. The highest BCUT2D eigenvalue weighted by Gasteiger charge is 2.07. The van der Waals surface area contributed by atoms with Gasteiger partial charge in [0.15, 0.2) is 11.5 Å². The Morgan fingerprint density at radius 3 is 2.21 bits per heavy atom. The summed E-state index contributed by atoms with van der Waals surface area (Å²) in [6.45, 7) is 3.21. The highest BCUT2D eigenvalue weighted by atomic mass is 16.5. The highest BCUT2D eigenvalue weighted by Crippen LogP contribution is 2.32. The lowest BCUT2D eigenvalue weighted by atomic mass is 10.2. The number of hydrogen-bond donors (Lipinski definition) is 1. The van der Waals surface area contributed by atoms with Crippen molar-refractivity contribution in [1.29, 1.82) is 0 Å². The molecule has 0 aliphatic rings. The molecule has 2 aromatic carbocycles. The van der Waals surface area contributed by atoms with Crippen molar-refractivity contribution in [3.05, 3.63) is 54.1 Å². The lowest BCUT2D eigenvalue weighted by Gasteiger charge is -2.13. The summed E-state index contributed by atoms with van der Waals surface area (Å²) < 4.78 is 11.6. The minimum Gasteiger partial charge on any atom is -0.490 e. The molecule has 2 rings (SSSR count). The first-order valence-corrected chi connectivity index (χ1v) is 6.52. The highest BCUT2D eigenvalue weighted by molar-refractivity contribution is 5.44. The Labute approximate surface area is 114 Å². The summed E-state index contributed by atoms with van der Waals surface area (Å²) in [7, 11) is 0. The summed E-state index contributed by atoms with van der Waals surface area (Å²) in [5.41, 5.74) is 6.69. The van der Waals surface area contributed by atoms with Crippen LogP contribution >= 0.6 is 0 Å². The maximum atomic E-state index is 5.92. The number of rotatable bonds is 6. The molecule has 0 heterocycles. The molecule has 2 N–H and O–H groups in total. The number of hydrogen-bond acceptors (Lipinski definition) is 3. The van der Waals surface area contributed by atoms with E-state index in [-0.39, 0.29) is 0 Å². The van der Waals surface area contributed by atoms with Gasteiger partial charge in [0.25, 0.3) is 0 Å². The second kappa shape index (κ2) is 6.81. The van der Waals surface area contributed by atoms with Gasteiger partial charge in [0.2, 0.25) is 0 Å². The number of benzene rings is 2. The van der Waals surface area contributed by atoms with E-state index in [0.717, 1.165) is 29.2 Å². The van der Waals surface area contributed by atoms with Crippen molar-refractivity contribution in [3.63, 3.8) is 0 Å². The van der Waals surface area contributed by atoms with E-state index in [4.69, 9.17) is 15.2 Å². The molecule has 2 aromatic rings. The van der Waals surface area contributed by atoms with Crippen LogP contribution in [-0.2, 0) is 6.54 Å². The van der Waals surface area contributed by atoms with Gasteiger partial charge in [0.05, 0.1) is 6.61 Å². The SMILES string of the molecule is CCCOc1ccccc1Oc1ccccc1CN. The Bertz CT molecular complexity index is 526. The van der Waals surface area contributed by atoms with Gasteiger partial charge in [-0.1, -0.05) is 37.3 Å². The van der Waals surface area contributed by atoms with Crippen LogP contribution in [0.5, 0.6) is 17.2 Å². The van der Waals surface area contributed by atoms with E-state index >= 15 is 0 Å². The van der Waals surface area contributed by atoms with Crippen LogP contribution in [0.4, 0.5) is 0 Å². The van der Waals surface area contributed by atoms with E-state index in [2.05, 4.69) is 6.92 Å². The average molecular weight is 257 g/mol. The molecule has 100 valence electrons. The van der Waals surface area contributed by atoms with E-state index < -0.39 is 0 Å². The van der Waals surface area contributed by atoms with Crippen LogP contribution in [0.25, 0.3) is 0 Å². The standard InChI is InChI=1S/C16H19NO2/c1-2-11-18-15-9-5-6-10-16(15)19-14-8-4-3-7-13(14)12-17/h3-10H,2,11-12,17H2,1H3. The van der Waals surface area contributed by atoms with Crippen LogP contribution in [-0.4, -0.2) is 6.61 Å². The lowest BCUT2D eigenvalue weighted by molar-refractivity contribution is 0.302. The minimum atomic E-state index is 0.453. The van der Waals surface area contributed by atoms with Gasteiger partial charge in [-0.3, -0.25) is 0 Å². The third kappa shape index (κ3) is 3.48. The van der Waals surface area contributed by atoms with Crippen LogP contribution < -0.4 is 15.2 Å². The van der Waals surface area contributed by atoms with Gasteiger partial charge in [-0.25, -0.2) is 0 Å². The zero-order chi connectivity index (χ0) is 13.5. The summed E-state index contributed by atoms with van der Waals surface area (Å²) >= 11 is 0. The fourth-order valence-electron chi connectivity index (χ4n) is 1.76. The van der Waals surface area contributed by atoms with Crippen molar-refractivity contribution < 1.29 is 9.47 Å². The van der Waals surface area contributed by atoms with Gasteiger partial charge < -0.3 is 15.2 Å². The smallest absolute Gasteiger partial charge is 0.169 e. The first-order valence-electron chi connectivity index (χ1n) is 6.52. The van der Waals surface area contributed by atoms with Crippen molar-refractivity contribution in [2.24, 2.45) is 5.73 Å². The van der Waals surface area contributed by atoms with Crippen molar-refractivity contribution in [2.75, 3.05) is 6.61 Å². The van der Waals surface area contributed by atoms with Gasteiger partial charge in [-0.15, -0.1) is 0 Å². The maximum absolute atomic E-state index is 5.92. The minimum absolute atomic E-state index is 0.453. The molecule has 0 aliphatic carbocycles. The first kappa shape index (κ1) is 13.4. The van der Waals surface area contributed by atoms with Crippen molar-refractivity contribution in [2.45, 2.75) is 19.9 Å². The lowest BCUT2D eigenvalue weighted by Crippen LogP contribution is -2.01. The van der Waals surface area contributed by atoms with Crippen LogP contribution in [0.1, 0.15) is 18.9 Å². The van der Waals surface area contributed by atoms with Gasteiger partial charge in [0.1, 0.15) is 5.75 Å². The summed E-state index contributed by atoms with van der Waals surface area (Å²) in [6.07, 6.45) is 0.966. The zero-order valence-corrected chi connectivity index (χ0v) is 11.1. The van der Waals surface area contributed by atoms with E-state index in [0.29, 0.717) is 13.2 Å². The summed E-state index contributed by atoms with van der Waals surface area (Å²) in [5.74, 6) is 2.26. The summed E-state index contributed by atoms with van der Waals surface area (Å²) in [6, 6.07) is 15.4. The van der Waals surface area contributed by atoms with Gasteiger partial charge >= 0.3 is 0 Å². The van der Waals surface area contributed by atoms with E-state index in [1.54, 1.807) is 0 Å². The molecule has 0 saturated heterocycles. The summed E-state index contributed by atoms with van der Waals surface area (Å²) in [5, 5.41) is 0. The van der Waals surface area contributed by atoms with Crippen molar-refractivity contribution in [1.82, 2.24) is 0 Å². The third-order valence-electron chi connectivity index (χ3n) is 2.72. The van der Waals surface area contributed by atoms with Crippen molar-refractivity contribution in [3.8, 4) is 17.2 Å². The Kier molecular flexibility index (Phi) is 4.81. The van der Waals surface area contributed by atoms with Crippen LogP contribution in [0.2, 0.25) is 0 Å². The van der Waals surface area contributed by atoms with E-state index in [9.17, 15) is 0 Å². The topological polar surface area (TPSA) is 44.5 Å². The van der Waals surface area contributed by atoms with Gasteiger partial charge in [-0.2, -0.15) is 0 Å². The average Bonchev–Trinajstić information content (AvgIpc) is 2.47. The number of para-hydroxylation sites is 3. The molecule has 0 bridgehead atoms. The molecule has 0 aromatic heterocycles. The molecule has 3 heteroatoms. The largest absolute Gasteiger partial charge is 0.490 e. The van der Waals surface area contributed by atoms with Crippen LogP contribution in [0.3, 0.4) is 0 Å². The van der Waals surface area contributed by atoms with Crippen LogP contribution in [0, 0.1) is 0 Å². The van der Waals surface area contributed by atoms with Gasteiger partial charge in [-0.05, 0) is 24.6 Å².